The molecule has 0 saturated carbocycles. The van der Waals surface area contributed by atoms with E-state index in [0.29, 0.717) is 28.7 Å². The van der Waals surface area contributed by atoms with Gasteiger partial charge in [-0.1, -0.05) is 40.6 Å². The summed E-state index contributed by atoms with van der Waals surface area (Å²) in [7, 11) is 0. The zero-order valence-corrected chi connectivity index (χ0v) is 15.7. The van der Waals surface area contributed by atoms with Crippen molar-refractivity contribution in [2.75, 3.05) is 13.4 Å². The molecule has 4 rings (SSSR count). The van der Waals surface area contributed by atoms with Crippen LogP contribution in [0.25, 0.3) is 11.3 Å². The largest absolute Gasteiger partial charge is 0.456 e. The van der Waals surface area contributed by atoms with Crippen LogP contribution in [0, 0.1) is 0 Å². The third-order valence-corrected chi connectivity index (χ3v) is 4.17. The van der Waals surface area contributed by atoms with Gasteiger partial charge >= 0.3 is 5.97 Å². The van der Waals surface area contributed by atoms with Crippen LogP contribution in [-0.2, 0) is 21.0 Å². The minimum atomic E-state index is -0.559. The summed E-state index contributed by atoms with van der Waals surface area (Å²) in [5.41, 5.74) is 2.81. The first-order valence-corrected chi connectivity index (χ1v) is 8.92. The lowest BCUT2D eigenvalue weighted by Gasteiger charge is -2.04. The number of esters is 1. The highest BCUT2D eigenvalue weighted by Gasteiger charge is 2.14. The molecule has 0 atom stereocenters. The van der Waals surface area contributed by atoms with E-state index in [9.17, 15) is 4.79 Å². The van der Waals surface area contributed by atoms with E-state index in [-0.39, 0.29) is 20.0 Å². The molecule has 0 amide bonds. The number of benzene rings is 2. The van der Waals surface area contributed by atoms with Crippen molar-refractivity contribution in [2.24, 2.45) is 5.16 Å². The summed E-state index contributed by atoms with van der Waals surface area (Å²) in [6, 6.07) is 16.7. The number of nitrogens with zero attached hydrogens (tertiary/aromatic N) is 2. The van der Waals surface area contributed by atoms with E-state index in [2.05, 4.69) is 10.3 Å². The maximum absolute atomic E-state index is 11.9. The highest BCUT2D eigenvalue weighted by atomic mass is 16.7. The molecular formula is C21H18N2O6. The summed E-state index contributed by atoms with van der Waals surface area (Å²) in [4.78, 5) is 16.9. The number of hydrogen-bond donors (Lipinski definition) is 0. The van der Waals surface area contributed by atoms with Gasteiger partial charge in [-0.2, -0.15) is 0 Å². The fraction of sp³-hybridized carbons (Fsp3) is 0.190. The molecular weight excluding hydrogens is 376 g/mol. The highest BCUT2D eigenvalue weighted by molar-refractivity contribution is 5.99. The predicted molar refractivity (Wildman–Crippen MR) is 102 cm³/mol. The molecule has 1 aromatic heterocycles. The fourth-order valence-electron chi connectivity index (χ4n) is 2.67. The Kier molecular flexibility index (Phi) is 5.42. The van der Waals surface area contributed by atoms with Crippen LogP contribution in [0.15, 0.2) is 64.3 Å². The molecule has 0 aliphatic carbocycles. The van der Waals surface area contributed by atoms with Gasteiger partial charge in [0.25, 0.3) is 0 Å². The Labute approximate surface area is 166 Å². The fourth-order valence-corrected chi connectivity index (χ4v) is 2.67. The van der Waals surface area contributed by atoms with Crippen LogP contribution in [0.1, 0.15) is 18.2 Å². The van der Waals surface area contributed by atoms with Gasteiger partial charge in [-0.3, -0.25) is 0 Å². The number of carbonyl (C=O) groups excluding carboxylic acids is 1. The number of hydrogen-bond acceptors (Lipinski definition) is 8. The Morgan fingerprint density at radius 3 is 2.79 bits per heavy atom. The second-order valence-electron chi connectivity index (χ2n) is 6.23. The third-order valence-electron chi connectivity index (χ3n) is 4.17. The van der Waals surface area contributed by atoms with Crippen LogP contribution in [0.2, 0.25) is 0 Å². The van der Waals surface area contributed by atoms with Crippen molar-refractivity contribution < 1.29 is 28.4 Å². The summed E-state index contributed by atoms with van der Waals surface area (Å²) in [6.45, 7) is 1.65. The third kappa shape index (κ3) is 4.55. The lowest BCUT2D eigenvalue weighted by atomic mass is 10.1. The van der Waals surface area contributed by atoms with Gasteiger partial charge in [-0.15, -0.1) is 0 Å². The molecule has 29 heavy (non-hydrogen) atoms. The molecule has 0 saturated heterocycles. The molecule has 0 fully saturated rings. The molecule has 148 valence electrons. The van der Waals surface area contributed by atoms with Gasteiger partial charge in [-0.05, 0) is 25.1 Å². The van der Waals surface area contributed by atoms with Gasteiger partial charge in [-0.25, -0.2) is 4.79 Å². The van der Waals surface area contributed by atoms with E-state index in [1.54, 1.807) is 25.1 Å². The Morgan fingerprint density at radius 1 is 1.10 bits per heavy atom. The van der Waals surface area contributed by atoms with E-state index in [1.165, 1.54) is 0 Å². The van der Waals surface area contributed by atoms with Crippen LogP contribution in [-0.4, -0.2) is 30.2 Å². The van der Waals surface area contributed by atoms with Crippen LogP contribution in [0.5, 0.6) is 11.5 Å². The molecule has 2 heterocycles. The molecule has 0 bridgehead atoms. The zero-order valence-electron chi connectivity index (χ0n) is 15.7. The van der Waals surface area contributed by atoms with Gasteiger partial charge in [0, 0.05) is 17.2 Å². The molecule has 8 nitrogen and oxygen atoms in total. The van der Waals surface area contributed by atoms with Crippen LogP contribution < -0.4 is 9.47 Å². The summed E-state index contributed by atoms with van der Waals surface area (Å²) < 4.78 is 21.0. The van der Waals surface area contributed by atoms with Crippen molar-refractivity contribution in [3.05, 3.63) is 65.9 Å². The van der Waals surface area contributed by atoms with E-state index >= 15 is 0 Å². The first-order valence-electron chi connectivity index (χ1n) is 8.92. The molecule has 8 heteroatoms. The molecule has 0 N–H and O–H groups in total. The maximum atomic E-state index is 11.9. The van der Waals surface area contributed by atoms with Gasteiger partial charge in [0.05, 0.1) is 5.71 Å². The monoisotopic (exact) mass is 394 g/mol. The topological polar surface area (TPSA) is 92.4 Å². The number of ether oxygens (including phenoxy) is 3. The van der Waals surface area contributed by atoms with Crippen molar-refractivity contribution in [1.82, 2.24) is 5.16 Å². The Morgan fingerprint density at radius 2 is 1.93 bits per heavy atom. The quantitative estimate of drug-likeness (QED) is 0.344. The van der Waals surface area contributed by atoms with Crippen LogP contribution >= 0.6 is 0 Å². The number of aromatic nitrogens is 1. The van der Waals surface area contributed by atoms with Gasteiger partial charge in [0.1, 0.15) is 12.3 Å². The summed E-state index contributed by atoms with van der Waals surface area (Å²) >= 11 is 0. The number of carbonyl (C=O) groups is 1. The van der Waals surface area contributed by atoms with Crippen LogP contribution in [0.3, 0.4) is 0 Å². The first kappa shape index (κ1) is 18.5. The minimum Gasteiger partial charge on any atom is -0.456 e. The molecule has 2 aromatic carbocycles. The van der Waals surface area contributed by atoms with Gasteiger partial charge in [0.15, 0.2) is 17.3 Å². The van der Waals surface area contributed by atoms with Crippen molar-refractivity contribution in [1.29, 1.82) is 0 Å². The minimum absolute atomic E-state index is 0.0105. The number of oxime groups is 1. The van der Waals surface area contributed by atoms with Crippen molar-refractivity contribution in [3.63, 3.8) is 0 Å². The smallest absolute Gasteiger partial charge is 0.347 e. The van der Waals surface area contributed by atoms with Gasteiger partial charge < -0.3 is 23.6 Å². The first-order chi connectivity index (χ1) is 14.2. The van der Waals surface area contributed by atoms with Gasteiger partial charge in [0.2, 0.25) is 13.4 Å². The van der Waals surface area contributed by atoms with E-state index in [1.807, 2.05) is 36.4 Å². The molecule has 3 aromatic rings. The lowest BCUT2D eigenvalue weighted by Crippen LogP contribution is -2.11. The lowest BCUT2D eigenvalue weighted by molar-refractivity contribution is -0.150. The molecule has 0 radical (unpaired) electrons. The summed E-state index contributed by atoms with van der Waals surface area (Å²) in [6.07, 6.45) is 0. The molecule has 0 spiro atoms. The molecule has 0 unspecified atom stereocenters. The normalized spacial score (nSPS) is 12.7. The summed E-state index contributed by atoms with van der Waals surface area (Å²) in [5, 5.41) is 7.84. The predicted octanol–water partition coefficient (Wildman–Crippen LogP) is 3.55. The standard InChI is InChI=1S/C21H18N2O6/c1-14(16-7-8-18-20(9-16)27-13-26-18)22-28-12-21(24)25-11-17-10-19(29-23-17)15-5-3-2-4-6-15/h2-10H,11-13H2,1H3/b22-14-. The van der Waals surface area contributed by atoms with E-state index in [4.69, 9.17) is 23.6 Å². The summed E-state index contributed by atoms with van der Waals surface area (Å²) in [5.74, 6) is 1.39. The second-order valence-corrected chi connectivity index (χ2v) is 6.23. The highest BCUT2D eigenvalue weighted by Crippen LogP contribution is 2.32. The zero-order chi connectivity index (χ0) is 20.1. The number of rotatable bonds is 7. The molecule has 1 aliphatic rings. The Bertz CT molecular complexity index is 1030. The maximum Gasteiger partial charge on any atom is 0.347 e. The van der Waals surface area contributed by atoms with Crippen molar-refractivity contribution in [2.45, 2.75) is 13.5 Å². The SMILES string of the molecule is C/C(=N/OCC(=O)OCc1cc(-c2ccccc2)on1)c1ccc2c(c1)OCO2. The second kappa shape index (κ2) is 8.47. The van der Waals surface area contributed by atoms with E-state index < -0.39 is 5.97 Å². The average molecular weight is 394 g/mol. The number of fused-ring (bicyclic) bond motifs is 1. The Hall–Kier alpha value is -3.81. The van der Waals surface area contributed by atoms with E-state index in [0.717, 1.165) is 11.1 Å². The molecule has 1 aliphatic heterocycles. The van der Waals surface area contributed by atoms with Crippen LogP contribution in [0.4, 0.5) is 0 Å². The van der Waals surface area contributed by atoms with Crippen molar-refractivity contribution in [3.8, 4) is 22.8 Å². The Balaban J connectivity index is 1.25. The average Bonchev–Trinajstić information content (AvgIpc) is 3.41. The van der Waals surface area contributed by atoms with Crippen molar-refractivity contribution >= 4 is 11.7 Å².